The van der Waals surface area contributed by atoms with E-state index in [4.69, 9.17) is 58.0 Å². The fourth-order valence-electron chi connectivity index (χ4n) is 4.36. The first-order valence-corrected chi connectivity index (χ1v) is 17.2. The molecule has 0 radical (unpaired) electrons. The number of rotatable bonds is 15. The van der Waals surface area contributed by atoms with Crippen LogP contribution < -0.4 is 0 Å². The molecular weight excluding hydrogens is 717 g/mol. The third-order valence-electron chi connectivity index (χ3n) is 6.98. The van der Waals surface area contributed by atoms with Crippen molar-refractivity contribution in [2.75, 3.05) is 13.7 Å². The smallest absolute Gasteiger partial charge is 0.338 e. The van der Waals surface area contributed by atoms with E-state index in [-0.39, 0.29) is 32.8 Å². The van der Waals surface area contributed by atoms with Crippen LogP contribution in [0.3, 0.4) is 0 Å². The van der Waals surface area contributed by atoms with E-state index in [0.717, 1.165) is 28.8 Å². The standard InChI is InChI=1S/C35H32Cl3NO9S/c1-22-9-13-25(14-10-22)34(40)46-21-31(48-49(42,43)32-18-28(37)27(36)17-29(32)38)33(47-35(41)26-15-11-23(2)12-16-26)30(19-39-44-3)45-20-24-7-5-4-6-8-24/h4-19,30-31,33H,20-21H2,1-3H3/b39-19-/t30-,31+,33+/m0/s1. The summed E-state index contributed by atoms with van der Waals surface area (Å²) in [5, 5.41) is 3.41. The SMILES string of the molecule is CO/N=C\[C@H](OCc1ccccc1)[C@@H](OC(=O)c1ccc(C)cc1)[C@@H](COC(=O)c1ccc(C)cc1)OS(=O)(=O)c1cc(Cl)c(Cl)cc1Cl. The number of esters is 2. The quantitative estimate of drug-likeness (QED) is 0.0396. The second kappa shape index (κ2) is 17.6. The Labute approximate surface area is 299 Å². The van der Waals surface area contributed by atoms with Gasteiger partial charge in [-0.05, 0) is 55.8 Å². The Kier molecular flexibility index (Phi) is 13.6. The maximum absolute atomic E-state index is 13.8. The summed E-state index contributed by atoms with van der Waals surface area (Å²) in [7, 11) is -3.52. The molecule has 0 heterocycles. The van der Waals surface area contributed by atoms with Crippen LogP contribution in [-0.2, 0) is 40.0 Å². The highest BCUT2D eigenvalue weighted by Gasteiger charge is 2.40. The minimum Gasteiger partial charge on any atom is -0.459 e. The molecule has 0 N–H and O–H groups in total. The van der Waals surface area contributed by atoms with Gasteiger partial charge in [-0.2, -0.15) is 8.42 Å². The van der Waals surface area contributed by atoms with E-state index in [0.29, 0.717) is 0 Å². The summed E-state index contributed by atoms with van der Waals surface area (Å²) < 4.78 is 50.9. The third-order valence-corrected chi connectivity index (χ3v) is 9.50. The van der Waals surface area contributed by atoms with Crippen LogP contribution in [0, 0.1) is 13.8 Å². The number of aryl methyl sites for hydroxylation is 2. The summed E-state index contributed by atoms with van der Waals surface area (Å²) in [5.74, 6) is -1.65. The highest BCUT2D eigenvalue weighted by atomic mass is 35.5. The maximum Gasteiger partial charge on any atom is 0.338 e. The zero-order chi connectivity index (χ0) is 35.6. The van der Waals surface area contributed by atoms with Crippen LogP contribution in [0.15, 0.2) is 101 Å². The Balaban J connectivity index is 1.79. The first-order valence-electron chi connectivity index (χ1n) is 14.7. The van der Waals surface area contributed by atoms with Gasteiger partial charge < -0.3 is 19.0 Å². The van der Waals surface area contributed by atoms with Crippen molar-refractivity contribution in [3.8, 4) is 0 Å². The Morgan fingerprint density at radius 3 is 1.96 bits per heavy atom. The number of carbonyl (C=O) groups is 2. The van der Waals surface area contributed by atoms with Gasteiger partial charge in [0, 0.05) is 0 Å². The summed E-state index contributed by atoms with van der Waals surface area (Å²) >= 11 is 18.4. The van der Waals surface area contributed by atoms with Crippen molar-refractivity contribution in [1.82, 2.24) is 0 Å². The van der Waals surface area contributed by atoms with Crippen LogP contribution in [-0.4, -0.2) is 58.6 Å². The molecule has 0 saturated heterocycles. The molecule has 0 saturated carbocycles. The lowest BCUT2D eigenvalue weighted by Gasteiger charge is -2.31. The Hall–Kier alpha value is -3.97. The van der Waals surface area contributed by atoms with Gasteiger partial charge in [0.1, 0.15) is 24.7 Å². The van der Waals surface area contributed by atoms with Crippen molar-refractivity contribution >= 4 is 63.1 Å². The molecule has 0 aliphatic heterocycles. The molecule has 4 aromatic rings. The number of hydrogen-bond acceptors (Lipinski definition) is 10. The topological polar surface area (TPSA) is 127 Å². The number of carbonyl (C=O) groups excluding carboxylic acids is 2. The molecule has 0 aliphatic rings. The van der Waals surface area contributed by atoms with Crippen LogP contribution in [0.4, 0.5) is 0 Å². The molecule has 49 heavy (non-hydrogen) atoms. The summed E-state index contributed by atoms with van der Waals surface area (Å²) in [4.78, 5) is 31.0. The fourth-order valence-corrected chi connectivity index (χ4v) is 6.41. The van der Waals surface area contributed by atoms with Crippen LogP contribution >= 0.6 is 34.8 Å². The molecule has 0 amide bonds. The third kappa shape index (κ3) is 10.8. The lowest BCUT2D eigenvalue weighted by Crippen LogP contribution is -2.48. The average Bonchev–Trinajstić information content (AvgIpc) is 3.08. The molecule has 4 rings (SSSR count). The first-order chi connectivity index (χ1) is 23.4. The van der Waals surface area contributed by atoms with Gasteiger partial charge in [-0.1, -0.05) is 106 Å². The predicted octanol–water partition coefficient (Wildman–Crippen LogP) is 7.64. The molecular formula is C35H32Cl3NO9S. The minimum absolute atomic E-state index is 0.00394. The van der Waals surface area contributed by atoms with Crippen molar-refractivity contribution in [2.45, 2.75) is 43.7 Å². The largest absolute Gasteiger partial charge is 0.459 e. The maximum atomic E-state index is 13.8. The van der Waals surface area contributed by atoms with Crippen molar-refractivity contribution in [3.63, 3.8) is 0 Å². The van der Waals surface area contributed by atoms with E-state index < -0.39 is 51.9 Å². The average molecular weight is 749 g/mol. The molecule has 0 aromatic heterocycles. The van der Waals surface area contributed by atoms with Crippen molar-refractivity contribution in [1.29, 1.82) is 0 Å². The summed E-state index contributed by atoms with van der Waals surface area (Å²) in [6, 6.07) is 24.2. The lowest BCUT2D eigenvalue weighted by molar-refractivity contribution is -0.0834. The Morgan fingerprint density at radius 2 is 1.37 bits per heavy atom. The highest BCUT2D eigenvalue weighted by molar-refractivity contribution is 7.87. The lowest BCUT2D eigenvalue weighted by atomic mass is 10.1. The molecule has 3 atom stereocenters. The molecule has 0 bridgehead atoms. The first kappa shape index (κ1) is 37.8. The Bertz CT molecular complexity index is 1870. The van der Waals surface area contributed by atoms with Crippen LogP contribution in [0.2, 0.25) is 15.1 Å². The van der Waals surface area contributed by atoms with Crippen LogP contribution in [0.5, 0.6) is 0 Å². The molecule has 0 fully saturated rings. The van der Waals surface area contributed by atoms with E-state index in [2.05, 4.69) is 5.16 Å². The zero-order valence-electron chi connectivity index (χ0n) is 26.5. The Morgan fingerprint density at radius 1 is 0.796 bits per heavy atom. The number of ether oxygens (including phenoxy) is 3. The van der Waals surface area contributed by atoms with E-state index in [1.807, 2.05) is 19.9 Å². The molecule has 0 aliphatic carbocycles. The predicted molar refractivity (Wildman–Crippen MR) is 186 cm³/mol. The van der Waals surface area contributed by atoms with Crippen molar-refractivity contribution in [2.24, 2.45) is 5.16 Å². The van der Waals surface area contributed by atoms with Gasteiger partial charge in [0.15, 0.2) is 12.2 Å². The van der Waals surface area contributed by atoms with Gasteiger partial charge in [-0.3, -0.25) is 4.18 Å². The van der Waals surface area contributed by atoms with Gasteiger partial charge in [0.25, 0.3) is 10.1 Å². The highest BCUT2D eigenvalue weighted by Crippen LogP contribution is 2.33. The molecule has 0 unspecified atom stereocenters. The molecule has 258 valence electrons. The van der Waals surface area contributed by atoms with E-state index >= 15 is 0 Å². The molecule has 0 spiro atoms. The molecule has 14 heteroatoms. The van der Waals surface area contributed by atoms with Gasteiger partial charge in [-0.15, -0.1) is 0 Å². The summed E-state index contributed by atoms with van der Waals surface area (Å²) in [5.41, 5.74) is 2.86. The number of nitrogens with zero attached hydrogens (tertiary/aromatic N) is 1. The van der Waals surface area contributed by atoms with Crippen molar-refractivity contribution in [3.05, 3.63) is 134 Å². The van der Waals surface area contributed by atoms with Crippen LogP contribution in [0.1, 0.15) is 37.4 Å². The fraction of sp³-hybridized carbons (Fsp3) is 0.229. The second-order valence-corrected chi connectivity index (χ2v) is 13.4. The van der Waals surface area contributed by atoms with E-state index in [1.54, 1.807) is 60.7 Å². The monoisotopic (exact) mass is 747 g/mol. The number of hydrogen-bond donors (Lipinski definition) is 0. The van der Waals surface area contributed by atoms with Gasteiger partial charge in [0.05, 0.1) is 39.0 Å². The summed E-state index contributed by atoms with van der Waals surface area (Å²) in [6.45, 7) is 2.93. The second-order valence-electron chi connectivity index (χ2n) is 10.7. The van der Waals surface area contributed by atoms with Crippen LogP contribution in [0.25, 0.3) is 0 Å². The van der Waals surface area contributed by atoms with Gasteiger partial charge in [0.2, 0.25) is 0 Å². The number of halogens is 3. The van der Waals surface area contributed by atoms with Gasteiger partial charge in [-0.25, -0.2) is 9.59 Å². The van der Waals surface area contributed by atoms with Crippen molar-refractivity contribution < 1.29 is 41.2 Å². The van der Waals surface area contributed by atoms with E-state index in [1.165, 1.54) is 25.5 Å². The minimum atomic E-state index is -4.81. The molecule has 10 nitrogen and oxygen atoms in total. The molecule has 4 aromatic carbocycles. The van der Waals surface area contributed by atoms with Gasteiger partial charge >= 0.3 is 11.9 Å². The zero-order valence-corrected chi connectivity index (χ0v) is 29.6. The summed E-state index contributed by atoms with van der Waals surface area (Å²) in [6.07, 6.45) is -3.48. The van der Waals surface area contributed by atoms with E-state index in [9.17, 15) is 18.0 Å². The normalized spacial score (nSPS) is 13.4. The number of benzene rings is 4. The number of oxime groups is 1.